The second-order valence-electron chi connectivity index (χ2n) is 4.32. The van der Waals surface area contributed by atoms with Crippen molar-refractivity contribution in [3.63, 3.8) is 0 Å². The van der Waals surface area contributed by atoms with Crippen molar-refractivity contribution in [2.75, 3.05) is 0 Å². The van der Waals surface area contributed by atoms with E-state index in [9.17, 15) is 9.59 Å². The highest BCUT2D eigenvalue weighted by Gasteiger charge is 2.36. The first-order chi connectivity index (χ1) is 7.16. The lowest BCUT2D eigenvalue weighted by Gasteiger charge is -2.40. The number of carboxylic acids is 1. The molecule has 3 atom stereocenters. The minimum atomic E-state index is -0.933. The van der Waals surface area contributed by atoms with E-state index in [1.54, 1.807) is 0 Å². The van der Waals surface area contributed by atoms with Crippen LogP contribution in [0.1, 0.15) is 32.1 Å². The first-order valence-electron chi connectivity index (χ1n) is 5.45. The Morgan fingerprint density at radius 3 is 2.67 bits per heavy atom. The molecule has 1 saturated carbocycles. The van der Waals surface area contributed by atoms with E-state index in [0.717, 1.165) is 25.7 Å². The van der Waals surface area contributed by atoms with Crippen LogP contribution in [0, 0.1) is 0 Å². The Balaban J connectivity index is 1.98. The van der Waals surface area contributed by atoms with Gasteiger partial charge in [-0.05, 0) is 12.8 Å². The molecule has 1 aliphatic carbocycles. The van der Waals surface area contributed by atoms with Crippen LogP contribution < -0.4 is 10.6 Å². The highest BCUT2D eigenvalue weighted by molar-refractivity contribution is 5.87. The van der Waals surface area contributed by atoms with Gasteiger partial charge in [-0.1, -0.05) is 12.8 Å². The molecule has 15 heavy (non-hydrogen) atoms. The first-order valence-corrected chi connectivity index (χ1v) is 5.45. The van der Waals surface area contributed by atoms with E-state index in [1.807, 2.05) is 0 Å². The van der Waals surface area contributed by atoms with Crippen LogP contribution in [0.4, 0.5) is 0 Å². The van der Waals surface area contributed by atoms with Gasteiger partial charge in [-0.2, -0.15) is 0 Å². The predicted molar refractivity (Wildman–Crippen MR) is 53.4 cm³/mol. The molecule has 5 nitrogen and oxygen atoms in total. The number of carboxylic acid groups (broad SMARTS) is 1. The van der Waals surface area contributed by atoms with Crippen molar-refractivity contribution in [3.8, 4) is 0 Å². The van der Waals surface area contributed by atoms with E-state index >= 15 is 0 Å². The summed E-state index contributed by atoms with van der Waals surface area (Å²) in [5, 5.41) is 14.7. The number of fused-ring (bicyclic) bond motifs is 1. The molecular formula is C10H16N2O3. The zero-order valence-electron chi connectivity index (χ0n) is 8.53. The maximum atomic E-state index is 11.5. The standard InChI is InChI=1S/C10H16N2O3/c13-9(14)5-8-10(15)12-7-4-2-1-3-6(7)11-8/h6-8,11H,1-5H2,(H,12,15)(H,13,14)/t6-,7+,8-/m0/s1. The van der Waals surface area contributed by atoms with Crippen molar-refractivity contribution in [1.29, 1.82) is 0 Å². The normalized spacial score (nSPS) is 35.5. The molecule has 84 valence electrons. The van der Waals surface area contributed by atoms with Gasteiger partial charge in [-0.15, -0.1) is 0 Å². The molecule has 2 fully saturated rings. The molecule has 2 aliphatic rings. The Morgan fingerprint density at radius 2 is 2.00 bits per heavy atom. The zero-order valence-corrected chi connectivity index (χ0v) is 8.53. The molecule has 0 aromatic carbocycles. The van der Waals surface area contributed by atoms with Crippen molar-refractivity contribution >= 4 is 11.9 Å². The number of hydrogen-bond donors (Lipinski definition) is 3. The summed E-state index contributed by atoms with van der Waals surface area (Å²) in [6.45, 7) is 0. The highest BCUT2D eigenvalue weighted by Crippen LogP contribution is 2.22. The Morgan fingerprint density at radius 1 is 1.33 bits per heavy atom. The van der Waals surface area contributed by atoms with Crippen LogP contribution in [-0.4, -0.2) is 35.1 Å². The molecule has 0 unspecified atom stereocenters. The van der Waals surface area contributed by atoms with Crippen LogP contribution in [0.5, 0.6) is 0 Å². The Kier molecular flexibility index (Phi) is 2.90. The summed E-state index contributed by atoms with van der Waals surface area (Å²) < 4.78 is 0. The van der Waals surface area contributed by atoms with Crippen molar-refractivity contribution < 1.29 is 14.7 Å². The third-order valence-electron chi connectivity index (χ3n) is 3.20. The fraction of sp³-hybridized carbons (Fsp3) is 0.800. The van der Waals surface area contributed by atoms with Gasteiger partial charge in [-0.3, -0.25) is 9.59 Å². The number of nitrogens with one attached hydrogen (secondary N) is 2. The molecule has 1 aliphatic heterocycles. The topological polar surface area (TPSA) is 78.4 Å². The summed E-state index contributed by atoms with van der Waals surface area (Å²) in [5.41, 5.74) is 0. The number of carbonyl (C=O) groups is 2. The van der Waals surface area contributed by atoms with Gasteiger partial charge in [0.05, 0.1) is 12.5 Å². The van der Waals surface area contributed by atoms with Crippen LogP contribution in [0.15, 0.2) is 0 Å². The molecule has 3 N–H and O–H groups in total. The molecule has 2 rings (SSSR count). The van der Waals surface area contributed by atoms with Gasteiger partial charge in [0.15, 0.2) is 0 Å². The summed E-state index contributed by atoms with van der Waals surface area (Å²) in [6, 6.07) is -0.0843. The van der Waals surface area contributed by atoms with Gasteiger partial charge in [0.25, 0.3) is 0 Å². The summed E-state index contributed by atoms with van der Waals surface area (Å²) in [7, 11) is 0. The van der Waals surface area contributed by atoms with Crippen LogP contribution in [0.3, 0.4) is 0 Å². The van der Waals surface area contributed by atoms with E-state index < -0.39 is 12.0 Å². The van der Waals surface area contributed by atoms with Crippen LogP contribution >= 0.6 is 0 Å². The van der Waals surface area contributed by atoms with Crippen molar-refractivity contribution in [2.24, 2.45) is 0 Å². The Bertz CT molecular complexity index is 280. The Labute approximate surface area is 88.2 Å². The smallest absolute Gasteiger partial charge is 0.305 e. The van der Waals surface area contributed by atoms with E-state index in [0.29, 0.717) is 0 Å². The number of rotatable bonds is 2. The third-order valence-corrected chi connectivity index (χ3v) is 3.20. The van der Waals surface area contributed by atoms with E-state index in [4.69, 9.17) is 5.11 Å². The third kappa shape index (κ3) is 2.28. The van der Waals surface area contributed by atoms with Gasteiger partial charge in [0.2, 0.25) is 5.91 Å². The van der Waals surface area contributed by atoms with Crippen molar-refractivity contribution in [2.45, 2.75) is 50.2 Å². The molecule has 0 aromatic heterocycles. The quantitative estimate of drug-likeness (QED) is 0.595. The average Bonchev–Trinajstić information content (AvgIpc) is 2.18. The minimum Gasteiger partial charge on any atom is -0.481 e. The molecule has 5 heteroatoms. The zero-order chi connectivity index (χ0) is 10.8. The maximum absolute atomic E-state index is 11.5. The van der Waals surface area contributed by atoms with Gasteiger partial charge in [-0.25, -0.2) is 0 Å². The second-order valence-corrected chi connectivity index (χ2v) is 4.32. The SMILES string of the molecule is O=C(O)C[C@@H]1N[C@H]2CCCC[C@H]2NC1=O. The summed E-state index contributed by atoms with van der Waals surface area (Å²) in [5.74, 6) is -1.10. The van der Waals surface area contributed by atoms with Crippen molar-refractivity contribution in [3.05, 3.63) is 0 Å². The molecule has 1 saturated heterocycles. The number of hydrogen-bond acceptors (Lipinski definition) is 3. The molecule has 1 amide bonds. The summed E-state index contributed by atoms with van der Waals surface area (Å²) in [6.07, 6.45) is 4.20. The molecular weight excluding hydrogens is 196 g/mol. The number of carbonyl (C=O) groups excluding carboxylic acids is 1. The average molecular weight is 212 g/mol. The second kappa shape index (κ2) is 4.18. The van der Waals surface area contributed by atoms with Crippen LogP contribution in [0.25, 0.3) is 0 Å². The lowest BCUT2D eigenvalue weighted by atomic mass is 9.87. The molecule has 0 spiro atoms. The minimum absolute atomic E-state index is 0.130. The van der Waals surface area contributed by atoms with E-state index in [-0.39, 0.29) is 24.4 Å². The van der Waals surface area contributed by atoms with Gasteiger partial charge >= 0.3 is 5.97 Å². The van der Waals surface area contributed by atoms with Gasteiger partial charge in [0, 0.05) is 12.1 Å². The molecule has 1 heterocycles. The van der Waals surface area contributed by atoms with Gasteiger partial charge < -0.3 is 15.7 Å². The fourth-order valence-electron chi connectivity index (χ4n) is 2.45. The lowest BCUT2D eigenvalue weighted by Crippen LogP contribution is -2.64. The number of aliphatic carboxylic acids is 1. The molecule has 0 aromatic rings. The fourth-order valence-corrected chi connectivity index (χ4v) is 2.45. The number of piperazine rings is 1. The van der Waals surface area contributed by atoms with E-state index in [1.165, 1.54) is 0 Å². The monoisotopic (exact) mass is 212 g/mol. The molecule has 0 bridgehead atoms. The van der Waals surface area contributed by atoms with Crippen LogP contribution in [0.2, 0.25) is 0 Å². The maximum Gasteiger partial charge on any atom is 0.305 e. The highest BCUT2D eigenvalue weighted by atomic mass is 16.4. The molecule has 0 radical (unpaired) electrons. The first kappa shape index (κ1) is 10.4. The van der Waals surface area contributed by atoms with Crippen LogP contribution in [-0.2, 0) is 9.59 Å². The Hall–Kier alpha value is -1.10. The van der Waals surface area contributed by atoms with Crippen molar-refractivity contribution in [1.82, 2.24) is 10.6 Å². The van der Waals surface area contributed by atoms with Gasteiger partial charge in [0.1, 0.15) is 0 Å². The summed E-state index contributed by atoms with van der Waals surface area (Å²) in [4.78, 5) is 22.1. The number of amides is 1. The largest absolute Gasteiger partial charge is 0.481 e. The van der Waals surface area contributed by atoms with E-state index in [2.05, 4.69) is 10.6 Å². The lowest BCUT2D eigenvalue weighted by molar-refractivity contribution is -0.141. The summed E-state index contributed by atoms with van der Waals surface area (Å²) >= 11 is 0. The predicted octanol–water partition coefficient (Wildman–Crippen LogP) is -0.140.